The Morgan fingerprint density at radius 3 is 2.68 bits per heavy atom. The second-order valence-electron chi connectivity index (χ2n) is 10.6. The molecule has 198 valence electrons. The van der Waals surface area contributed by atoms with E-state index in [1.54, 1.807) is 11.8 Å². The summed E-state index contributed by atoms with van der Waals surface area (Å²) in [7, 11) is 0. The molecule has 2 heterocycles. The van der Waals surface area contributed by atoms with Crippen LogP contribution in [-0.4, -0.2) is 51.9 Å². The van der Waals surface area contributed by atoms with E-state index in [1.165, 1.54) is 6.07 Å². The lowest BCUT2D eigenvalue weighted by Gasteiger charge is -2.29. The maximum Gasteiger partial charge on any atom is 0.271 e. The van der Waals surface area contributed by atoms with Crippen LogP contribution in [0.15, 0.2) is 12.1 Å². The lowest BCUT2D eigenvalue weighted by atomic mass is 9.91. The molecule has 3 fully saturated rings. The third kappa shape index (κ3) is 4.78. The average Bonchev–Trinajstić information content (AvgIpc) is 3.65. The Hall–Kier alpha value is -2.45. The number of H-pyrrole nitrogens is 1. The van der Waals surface area contributed by atoms with E-state index in [0.29, 0.717) is 24.8 Å². The van der Waals surface area contributed by atoms with Gasteiger partial charge in [0.25, 0.3) is 5.91 Å². The SMILES string of the molecule is CCC(=O)C(CC1CCCC1=O)NC(=O)C1C2CCCC2CN1C(=O)c1cc2c(Cl)cc(F)c(Cl)c2[nH]1. The number of carbonyl (C=O) groups excluding carboxylic acids is 4. The zero-order valence-electron chi connectivity index (χ0n) is 20.6. The number of benzene rings is 1. The van der Waals surface area contributed by atoms with Crippen molar-refractivity contribution in [3.05, 3.63) is 33.7 Å². The molecular weight excluding hydrogens is 520 g/mol. The van der Waals surface area contributed by atoms with Crippen LogP contribution < -0.4 is 5.32 Å². The fraction of sp³-hybridized carbons (Fsp3) is 0.556. The first-order chi connectivity index (χ1) is 17.7. The number of nitrogens with one attached hydrogen (secondary N) is 2. The number of hydrogen-bond acceptors (Lipinski definition) is 4. The maximum absolute atomic E-state index is 14.1. The van der Waals surface area contributed by atoms with E-state index >= 15 is 0 Å². The second-order valence-corrected chi connectivity index (χ2v) is 11.3. The topological polar surface area (TPSA) is 99.3 Å². The Balaban J connectivity index is 1.41. The lowest BCUT2D eigenvalue weighted by Crippen LogP contribution is -2.53. The standard InChI is InChI=1S/C27H30Cl2FN3O4/c1-2-21(34)19(9-13-5-4-8-22(13)35)32-26(36)25-15-7-3-6-14(15)12-33(25)27(37)20-10-16-17(28)11-18(30)23(29)24(16)31-20/h10-11,13-15,19,25,31H,2-9,12H2,1H3,(H,32,36). The molecular formula is C27H30Cl2FN3O4. The molecule has 2 aliphatic carbocycles. The van der Waals surface area contributed by atoms with Crippen molar-refractivity contribution >= 4 is 57.5 Å². The van der Waals surface area contributed by atoms with Crippen molar-refractivity contribution < 1.29 is 23.6 Å². The van der Waals surface area contributed by atoms with Gasteiger partial charge in [0.2, 0.25) is 5.91 Å². The zero-order valence-corrected chi connectivity index (χ0v) is 22.1. The minimum Gasteiger partial charge on any atom is -0.349 e. The Morgan fingerprint density at radius 1 is 1.19 bits per heavy atom. The van der Waals surface area contributed by atoms with Gasteiger partial charge < -0.3 is 15.2 Å². The number of carbonyl (C=O) groups is 4. The van der Waals surface area contributed by atoms with Crippen molar-refractivity contribution in [3.8, 4) is 0 Å². The Kier molecular flexibility index (Phi) is 7.33. The molecule has 1 aromatic heterocycles. The summed E-state index contributed by atoms with van der Waals surface area (Å²) in [6, 6.07) is 1.14. The molecule has 2 saturated carbocycles. The number of likely N-dealkylation sites (tertiary alicyclic amines) is 1. The third-order valence-corrected chi connectivity index (χ3v) is 9.10. The molecule has 10 heteroatoms. The van der Waals surface area contributed by atoms with Crippen molar-refractivity contribution in [2.24, 2.45) is 17.8 Å². The number of Topliss-reactive ketones (excluding diaryl/α,β-unsaturated/α-hetero) is 2. The number of halogens is 3. The van der Waals surface area contributed by atoms with Gasteiger partial charge in [-0.1, -0.05) is 36.5 Å². The van der Waals surface area contributed by atoms with Gasteiger partial charge in [-0.3, -0.25) is 19.2 Å². The predicted octanol–water partition coefficient (Wildman–Crippen LogP) is 5.08. The minimum absolute atomic E-state index is 0.0107. The lowest BCUT2D eigenvalue weighted by molar-refractivity contribution is -0.131. The van der Waals surface area contributed by atoms with Gasteiger partial charge in [0.1, 0.15) is 28.4 Å². The van der Waals surface area contributed by atoms with E-state index in [1.807, 2.05) is 0 Å². The van der Waals surface area contributed by atoms with E-state index < -0.39 is 23.8 Å². The monoisotopic (exact) mass is 549 g/mol. The summed E-state index contributed by atoms with van der Waals surface area (Å²) in [6.07, 6.45) is 5.31. The molecule has 1 saturated heterocycles. The van der Waals surface area contributed by atoms with Crippen molar-refractivity contribution in [1.29, 1.82) is 0 Å². The fourth-order valence-corrected chi connectivity index (χ4v) is 6.95. The molecule has 2 N–H and O–H groups in total. The molecule has 0 spiro atoms. The first-order valence-electron chi connectivity index (χ1n) is 13.0. The molecule has 0 bridgehead atoms. The first kappa shape index (κ1) is 26.2. The van der Waals surface area contributed by atoms with Crippen LogP contribution in [-0.2, 0) is 14.4 Å². The molecule has 0 radical (unpaired) electrons. The van der Waals surface area contributed by atoms with Crippen LogP contribution in [0.4, 0.5) is 4.39 Å². The summed E-state index contributed by atoms with van der Waals surface area (Å²) in [5.41, 5.74) is 0.394. The van der Waals surface area contributed by atoms with E-state index in [2.05, 4.69) is 10.3 Å². The van der Waals surface area contributed by atoms with Crippen LogP contribution in [0.3, 0.4) is 0 Å². The normalized spacial score (nSPS) is 26.1. The van der Waals surface area contributed by atoms with E-state index in [9.17, 15) is 23.6 Å². The number of hydrogen-bond donors (Lipinski definition) is 2. The minimum atomic E-state index is -0.754. The number of ketones is 2. The van der Waals surface area contributed by atoms with Gasteiger partial charge in [-0.2, -0.15) is 0 Å². The number of fused-ring (bicyclic) bond motifs is 2. The van der Waals surface area contributed by atoms with Gasteiger partial charge in [-0.15, -0.1) is 0 Å². The summed E-state index contributed by atoms with van der Waals surface area (Å²) in [4.78, 5) is 56.8. The Morgan fingerprint density at radius 2 is 1.97 bits per heavy atom. The second kappa shape index (κ2) is 10.4. The Bertz CT molecular complexity index is 1280. The summed E-state index contributed by atoms with van der Waals surface area (Å²) in [5.74, 6) is -1.48. The van der Waals surface area contributed by atoms with Gasteiger partial charge in [-0.05, 0) is 56.1 Å². The number of aromatic amines is 1. The molecule has 1 aliphatic heterocycles. The van der Waals surface area contributed by atoms with Crippen molar-refractivity contribution in [1.82, 2.24) is 15.2 Å². The van der Waals surface area contributed by atoms with Gasteiger partial charge in [0.15, 0.2) is 5.78 Å². The molecule has 5 atom stereocenters. The van der Waals surface area contributed by atoms with Crippen LogP contribution in [0.5, 0.6) is 0 Å². The molecule has 37 heavy (non-hydrogen) atoms. The third-order valence-electron chi connectivity index (χ3n) is 8.41. The first-order valence-corrected chi connectivity index (χ1v) is 13.8. The molecule has 5 unspecified atom stereocenters. The van der Waals surface area contributed by atoms with Crippen LogP contribution in [0.1, 0.15) is 68.8 Å². The summed E-state index contributed by atoms with van der Waals surface area (Å²) in [6.45, 7) is 2.16. The van der Waals surface area contributed by atoms with E-state index in [0.717, 1.165) is 38.2 Å². The van der Waals surface area contributed by atoms with Gasteiger partial charge in [0.05, 0.1) is 16.6 Å². The van der Waals surface area contributed by atoms with Crippen molar-refractivity contribution in [2.45, 2.75) is 70.4 Å². The number of aromatic nitrogens is 1. The van der Waals surface area contributed by atoms with Crippen LogP contribution in [0.25, 0.3) is 10.9 Å². The largest absolute Gasteiger partial charge is 0.349 e. The highest BCUT2D eigenvalue weighted by molar-refractivity contribution is 6.40. The molecule has 2 aromatic rings. The van der Waals surface area contributed by atoms with Crippen LogP contribution in [0.2, 0.25) is 10.0 Å². The molecule has 2 amide bonds. The highest BCUT2D eigenvalue weighted by Crippen LogP contribution is 2.43. The van der Waals surface area contributed by atoms with Crippen LogP contribution in [0, 0.1) is 23.6 Å². The van der Waals surface area contributed by atoms with E-state index in [4.69, 9.17) is 23.2 Å². The average molecular weight is 550 g/mol. The highest BCUT2D eigenvalue weighted by Gasteiger charge is 2.50. The predicted molar refractivity (Wildman–Crippen MR) is 138 cm³/mol. The fourth-order valence-electron chi connectivity index (χ4n) is 6.50. The molecule has 5 rings (SSSR count). The molecule has 1 aromatic carbocycles. The number of amides is 2. The van der Waals surface area contributed by atoms with Crippen molar-refractivity contribution in [3.63, 3.8) is 0 Å². The zero-order chi connectivity index (χ0) is 26.4. The summed E-state index contributed by atoms with van der Waals surface area (Å²) < 4.78 is 14.1. The smallest absolute Gasteiger partial charge is 0.271 e. The number of rotatable bonds is 7. The summed E-state index contributed by atoms with van der Waals surface area (Å²) in [5, 5.41) is 3.31. The quantitative estimate of drug-likeness (QED) is 0.470. The van der Waals surface area contributed by atoms with Crippen LogP contribution >= 0.6 is 23.2 Å². The van der Waals surface area contributed by atoms with Crippen molar-refractivity contribution in [2.75, 3.05) is 6.54 Å². The van der Waals surface area contributed by atoms with Gasteiger partial charge >= 0.3 is 0 Å². The maximum atomic E-state index is 14.1. The molecule has 3 aliphatic rings. The Labute approximate surface area is 224 Å². The van der Waals surface area contributed by atoms with E-state index in [-0.39, 0.29) is 62.9 Å². The highest BCUT2D eigenvalue weighted by atomic mass is 35.5. The van der Waals surface area contributed by atoms with Gasteiger partial charge in [0, 0.05) is 30.7 Å². The number of nitrogens with zero attached hydrogens (tertiary/aromatic N) is 1. The van der Waals surface area contributed by atoms with Gasteiger partial charge in [-0.25, -0.2) is 4.39 Å². The molecule has 7 nitrogen and oxygen atoms in total. The summed E-state index contributed by atoms with van der Waals surface area (Å²) >= 11 is 12.3.